The van der Waals surface area contributed by atoms with Gasteiger partial charge in [0.05, 0.1) is 6.61 Å². The van der Waals surface area contributed by atoms with Gasteiger partial charge in [0.2, 0.25) is 0 Å². The molecule has 1 N–H and O–H groups in total. The van der Waals surface area contributed by atoms with Crippen LogP contribution in [-0.4, -0.2) is 11.7 Å². The average molecular weight is 311 g/mol. The van der Waals surface area contributed by atoms with Gasteiger partial charge in [-0.2, -0.15) is 0 Å². The molecule has 96 valence electrons. The zero-order valence-electron chi connectivity index (χ0n) is 10.3. The van der Waals surface area contributed by atoms with Gasteiger partial charge >= 0.3 is 0 Å². The lowest BCUT2D eigenvalue weighted by atomic mass is 10.0. The van der Waals surface area contributed by atoms with Gasteiger partial charge in [0.1, 0.15) is 17.6 Å². The normalized spacial score (nSPS) is 12.4. The van der Waals surface area contributed by atoms with Crippen LogP contribution in [0.5, 0.6) is 5.75 Å². The second kappa shape index (κ2) is 5.59. The second-order valence-electron chi connectivity index (χ2n) is 4.02. The fraction of sp³-hybridized carbons (Fsp3) is 0.286. The minimum absolute atomic E-state index is 0.494. The van der Waals surface area contributed by atoms with E-state index in [1.807, 2.05) is 32.0 Å². The van der Waals surface area contributed by atoms with Crippen LogP contribution in [0.4, 0.5) is 0 Å². The molecular weight excluding hydrogens is 296 g/mol. The van der Waals surface area contributed by atoms with Crippen LogP contribution < -0.4 is 4.74 Å². The summed E-state index contributed by atoms with van der Waals surface area (Å²) in [7, 11) is 0. The van der Waals surface area contributed by atoms with Crippen molar-refractivity contribution in [2.75, 3.05) is 6.61 Å². The van der Waals surface area contributed by atoms with Crippen molar-refractivity contribution in [2.45, 2.75) is 20.0 Å². The monoisotopic (exact) mass is 310 g/mol. The summed E-state index contributed by atoms with van der Waals surface area (Å²) in [5, 5.41) is 10.3. The third-order valence-electron chi connectivity index (χ3n) is 2.62. The Morgan fingerprint density at radius 1 is 1.33 bits per heavy atom. The first-order valence-corrected chi connectivity index (χ1v) is 6.57. The number of aryl methyl sites for hydroxylation is 1. The summed E-state index contributed by atoms with van der Waals surface area (Å²) in [4.78, 5) is 0. The molecule has 4 heteroatoms. The lowest BCUT2D eigenvalue weighted by Crippen LogP contribution is -2.03. The lowest BCUT2D eigenvalue weighted by molar-refractivity contribution is 0.181. The zero-order chi connectivity index (χ0) is 13.1. The topological polar surface area (TPSA) is 42.6 Å². The molecule has 0 saturated heterocycles. The van der Waals surface area contributed by atoms with Crippen molar-refractivity contribution in [3.8, 4) is 5.75 Å². The molecule has 0 fully saturated rings. The summed E-state index contributed by atoms with van der Waals surface area (Å²) in [5.74, 6) is 1.18. The highest BCUT2D eigenvalue weighted by atomic mass is 79.9. The van der Waals surface area contributed by atoms with Gasteiger partial charge in [0.25, 0.3) is 0 Å². The molecule has 3 nitrogen and oxygen atoms in total. The summed E-state index contributed by atoms with van der Waals surface area (Å²) in [5.41, 5.74) is 1.79. The molecule has 18 heavy (non-hydrogen) atoms. The molecule has 0 bridgehead atoms. The first-order valence-electron chi connectivity index (χ1n) is 5.78. The fourth-order valence-electron chi connectivity index (χ4n) is 1.80. The van der Waals surface area contributed by atoms with Gasteiger partial charge in [-0.25, -0.2) is 0 Å². The summed E-state index contributed by atoms with van der Waals surface area (Å²) in [6.45, 7) is 4.45. The Hall–Kier alpha value is -1.26. The van der Waals surface area contributed by atoms with E-state index in [1.54, 1.807) is 12.1 Å². The number of furan rings is 1. The van der Waals surface area contributed by atoms with Crippen molar-refractivity contribution in [3.63, 3.8) is 0 Å². The number of hydrogen-bond acceptors (Lipinski definition) is 3. The largest absolute Gasteiger partial charge is 0.493 e. The smallest absolute Gasteiger partial charge is 0.169 e. The van der Waals surface area contributed by atoms with Gasteiger partial charge in [-0.05, 0) is 54.0 Å². The van der Waals surface area contributed by atoms with E-state index >= 15 is 0 Å². The maximum Gasteiger partial charge on any atom is 0.169 e. The Labute approximate surface area is 115 Å². The van der Waals surface area contributed by atoms with Crippen molar-refractivity contribution in [2.24, 2.45) is 0 Å². The van der Waals surface area contributed by atoms with Crippen LogP contribution in [0.3, 0.4) is 0 Å². The van der Waals surface area contributed by atoms with Crippen LogP contribution >= 0.6 is 15.9 Å². The van der Waals surface area contributed by atoms with Gasteiger partial charge < -0.3 is 14.3 Å². The molecule has 0 radical (unpaired) electrons. The van der Waals surface area contributed by atoms with Crippen molar-refractivity contribution in [1.29, 1.82) is 0 Å². The maximum absolute atomic E-state index is 10.3. The quantitative estimate of drug-likeness (QED) is 0.933. The molecule has 1 unspecified atom stereocenters. The van der Waals surface area contributed by atoms with E-state index < -0.39 is 6.10 Å². The number of benzene rings is 1. The number of aliphatic hydroxyl groups is 1. The first kappa shape index (κ1) is 13.2. The van der Waals surface area contributed by atoms with Gasteiger partial charge in [0.15, 0.2) is 4.67 Å². The molecule has 1 aromatic carbocycles. The Morgan fingerprint density at radius 2 is 2.11 bits per heavy atom. The van der Waals surface area contributed by atoms with E-state index in [4.69, 9.17) is 9.15 Å². The molecule has 0 aliphatic rings. The first-order chi connectivity index (χ1) is 8.61. The predicted octanol–water partition coefficient (Wildman–Crippen LogP) is 3.83. The number of rotatable bonds is 4. The van der Waals surface area contributed by atoms with E-state index in [1.165, 1.54) is 0 Å². The molecule has 0 amide bonds. The Balaban J connectivity index is 2.39. The fourth-order valence-corrected chi connectivity index (χ4v) is 2.12. The highest BCUT2D eigenvalue weighted by Crippen LogP contribution is 2.32. The Morgan fingerprint density at radius 3 is 2.72 bits per heavy atom. The molecular formula is C14H15BrO3. The molecule has 0 aliphatic heterocycles. The molecule has 1 heterocycles. The molecule has 1 atom stereocenters. The van der Waals surface area contributed by atoms with E-state index in [-0.39, 0.29) is 0 Å². The van der Waals surface area contributed by atoms with Crippen LogP contribution in [-0.2, 0) is 0 Å². The van der Waals surface area contributed by atoms with Gasteiger partial charge in [0, 0.05) is 5.56 Å². The third-order valence-corrected chi connectivity index (χ3v) is 3.05. The van der Waals surface area contributed by atoms with Gasteiger partial charge in [-0.1, -0.05) is 11.6 Å². The summed E-state index contributed by atoms with van der Waals surface area (Å²) in [6.07, 6.45) is -0.822. The minimum Gasteiger partial charge on any atom is -0.493 e. The average Bonchev–Trinajstić information content (AvgIpc) is 2.77. The third kappa shape index (κ3) is 2.76. The number of hydrogen-bond donors (Lipinski definition) is 1. The van der Waals surface area contributed by atoms with Crippen LogP contribution in [0.2, 0.25) is 0 Å². The standard InChI is InChI=1S/C14H15BrO3/c1-3-17-11-5-4-9(2)8-10(11)14(16)12-6-7-13(15)18-12/h4-8,14,16H,3H2,1-2H3. The molecule has 0 aliphatic carbocycles. The molecule has 2 rings (SSSR count). The Bertz CT molecular complexity index is 534. The van der Waals surface area contributed by atoms with Crippen molar-refractivity contribution in [1.82, 2.24) is 0 Å². The molecule has 0 saturated carbocycles. The highest BCUT2D eigenvalue weighted by molar-refractivity contribution is 9.10. The SMILES string of the molecule is CCOc1ccc(C)cc1C(O)c1ccc(Br)o1. The second-order valence-corrected chi connectivity index (χ2v) is 4.80. The van der Waals surface area contributed by atoms with E-state index in [2.05, 4.69) is 15.9 Å². The summed E-state index contributed by atoms with van der Waals surface area (Å²) < 4.78 is 11.5. The Kier molecular flexibility index (Phi) is 4.09. The predicted molar refractivity (Wildman–Crippen MR) is 72.8 cm³/mol. The zero-order valence-corrected chi connectivity index (χ0v) is 11.9. The molecule has 2 aromatic rings. The lowest BCUT2D eigenvalue weighted by Gasteiger charge is -2.14. The van der Waals surface area contributed by atoms with Crippen molar-refractivity contribution < 1.29 is 14.3 Å². The minimum atomic E-state index is -0.822. The van der Waals surface area contributed by atoms with Crippen LogP contribution in [0, 0.1) is 6.92 Å². The number of halogens is 1. The number of ether oxygens (including phenoxy) is 1. The van der Waals surface area contributed by atoms with E-state index in [0.717, 1.165) is 11.1 Å². The van der Waals surface area contributed by atoms with E-state index in [0.29, 0.717) is 22.8 Å². The maximum atomic E-state index is 10.3. The van der Waals surface area contributed by atoms with Crippen molar-refractivity contribution in [3.05, 3.63) is 51.9 Å². The van der Waals surface area contributed by atoms with Gasteiger partial charge in [-0.15, -0.1) is 0 Å². The van der Waals surface area contributed by atoms with E-state index in [9.17, 15) is 5.11 Å². The van der Waals surface area contributed by atoms with Crippen LogP contribution in [0.1, 0.15) is 29.9 Å². The van der Waals surface area contributed by atoms with Crippen molar-refractivity contribution >= 4 is 15.9 Å². The van der Waals surface area contributed by atoms with Gasteiger partial charge in [-0.3, -0.25) is 0 Å². The molecule has 0 spiro atoms. The summed E-state index contributed by atoms with van der Waals surface area (Å²) in [6, 6.07) is 9.24. The summed E-state index contributed by atoms with van der Waals surface area (Å²) >= 11 is 3.23. The molecule has 1 aromatic heterocycles. The van der Waals surface area contributed by atoms with Crippen LogP contribution in [0.15, 0.2) is 39.4 Å². The number of aliphatic hydroxyl groups excluding tert-OH is 1. The highest BCUT2D eigenvalue weighted by Gasteiger charge is 2.19. The van der Waals surface area contributed by atoms with Crippen LogP contribution in [0.25, 0.3) is 0 Å².